The lowest BCUT2D eigenvalue weighted by Gasteiger charge is -2.12. The lowest BCUT2D eigenvalue weighted by Crippen LogP contribution is -2.30. The second-order valence-corrected chi connectivity index (χ2v) is 4.61. The van der Waals surface area contributed by atoms with Crippen LogP contribution < -0.4 is 5.32 Å². The molecule has 0 saturated carbocycles. The fourth-order valence-electron chi connectivity index (χ4n) is 2.17. The fraction of sp³-hybridized carbons (Fsp3) is 0.667. The molecule has 3 nitrogen and oxygen atoms in total. The fourth-order valence-corrected chi connectivity index (χ4v) is 2.17. The highest BCUT2D eigenvalue weighted by atomic mass is 16.3. The molecule has 0 aliphatic carbocycles. The van der Waals surface area contributed by atoms with Crippen molar-refractivity contribution in [3.05, 3.63) is 23.7 Å². The van der Waals surface area contributed by atoms with Gasteiger partial charge in [0.1, 0.15) is 11.5 Å². The quantitative estimate of drug-likeness (QED) is 0.820. The van der Waals surface area contributed by atoms with Gasteiger partial charge in [-0.25, -0.2) is 0 Å². The van der Waals surface area contributed by atoms with E-state index in [-0.39, 0.29) is 0 Å². The Kier molecular flexibility index (Phi) is 3.12. The largest absolute Gasteiger partial charge is 0.465 e. The van der Waals surface area contributed by atoms with Crippen molar-refractivity contribution in [2.75, 3.05) is 13.6 Å². The van der Waals surface area contributed by atoms with Gasteiger partial charge in [-0.2, -0.15) is 0 Å². The molecule has 1 aromatic heterocycles. The molecular weight excluding hydrogens is 188 g/mol. The first-order valence-corrected chi connectivity index (χ1v) is 5.64. The molecule has 1 aromatic rings. The van der Waals surface area contributed by atoms with Crippen molar-refractivity contribution in [2.45, 2.75) is 38.9 Å². The molecule has 1 aliphatic heterocycles. The van der Waals surface area contributed by atoms with E-state index in [0.717, 1.165) is 24.6 Å². The maximum Gasteiger partial charge on any atom is 0.117 e. The van der Waals surface area contributed by atoms with Gasteiger partial charge in [0.25, 0.3) is 0 Å². The van der Waals surface area contributed by atoms with Crippen LogP contribution in [0, 0.1) is 6.92 Å². The van der Waals surface area contributed by atoms with Crippen LogP contribution in [0.5, 0.6) is 0 Å². The summed E-state index contributed by atoms with van der Waals surface area (Å²) in [5, 5.41) is 3.54. The zero-order chi connectivity index (χ0) is 10.8. The standard InChI is InChI=1S/C12H20N2O/c1-9-6-11(8-14(9)3)13-7-12-5-4-10(2)15-12/h4-5,9,11,13H,6-8H2,1-3H3. The van der Waals surface area contributed by atoms with Gasteiger partial charge in [-0.15, -0.1) is 0 Å². The highest BCUT2D eigenvalue weighted by molar-refractivity contribution is 5.05. The van der Waals surface area contributed by atoms with Gasteiger partial charge in [-0.3, -0.25) is 0 Å². The van der Waals surface area contributed by atoms with Crippen molar-refractivity contribution in [1.82, 2.24) is 10.2 Å². The second kappa shape index (κ2) is 4.37. The Labute approximate surface area is 91.4 Å². The van der Waals surface area contributed by atoms with Gasteiger partial charge in [0.05, 0.1) is 6.54 Å². The van der Waals surface area contributed by atoms with Crippen LogP contribution >= 0.6 is 0 Å². The number of likely N-dealkylation sites (tertiary alicyclic amines) is 1. The lowest BCUT2D eigenvalue weighted by molar-refractivity contribution is 0.326. The summed E-state index contributed by atoms with van der Waals surface area (Å²) < 4.78 is 5.52. The predicted octanol–water partition coefficient (Wildman–Crippen LogP) is 1.77. The highest BCUT2D eigenvalue weighted by Gasteiger charge is 2.25. The van der Waals surface area contributed by atoms with Crippen LogP contribution in [0.15, 0.2) is 16.5 Å². The lowest BCUT2D eigenvalue weighted by atomic mass is 10.2. The molecule has 0 bridgehead atoms. The van der Waals surface area contributed by atoms with Gasteiger partial charge in [-0.1, -0.05) is 0 Å². The molecule has 84 valence electrons. The Morgan fingerprint density at radius 2 is 2.33 bits per heavy atom. The Hall–Kier alpha value is -0.800. The Bertz CT molecular complexity index is 311. The zero-order valence-electron chi connectivity index (χ0n) is 9.79. The van der Waals surface area contributed by atoms with Crippen molar-refractivity contribution in [3.63, 3.8) is 0 Å². The minimum atomic E-state index is 0.607. The molecule has 1 saturated heterocycles. The van der Waals surface area contributed by atoms with Crippen LogP contribution in [0.25, 0.3) is 0 Å². The van der Waals surface area contributed by atoms with Crippen molar-refractivity contribution in [1.29, 1.82) is 0 Å². The van der Waals surface area contributed by atoms with Crippen LogP contribution in [0.3, 0.4) is 0 Å². The van der Waals surface area contributed by atoms with Crippen LogP contribution in [-0.4, -0.2) is 30.6 Å². The number of aryl methyl sites for hydroxylation is 1. The van der Waals surface area contributed by atoms with E-state index in [1.165, 1.54) is 6.42 Å². The third kappa shape index (κ3) is 2.61. The van der Waals surface area contributed by atoms with Gasteiger partial charge in [0.2, 0.25) is 0 Å². The highest BCUT2D eigenvalue weighted by Crippen LogP contribution is 2.15. The smallest absolute Gasteiger partial charge is 0.117 e. The molecule has 0 spiro atoms. The molecule has 2 atom stereocenters. The van der Waals surface area contributed by atoms with E-state index in [4.69, 9.17) is 4.42 Å². The van der Waals surface area contributed by atoms with E-state index in [2.05, 4.69) is 24.2 Å². The number of furan rings is 1. The van der Waals surface area contributed by atoms with Gasteiger partial charge >= 0.3 is 0 Å². The Balaban J connectivity index is 1.79. The maximum absolute atomic E-state index is 5.52. The molecule has 1 fully saturated rings. The van der Waals surface area contributed by atoms with E-state index in [1.807, 2.05) is 19.1 Å². The average Bonchev–Trinajstić information content (AvgIpc) is 2.72. The predicted molar refractivity (Wildman–Crippen MR) is 60.8 cm³/mol. The SMILES string of the molecule is Cc1ccc(CNC2CC(C)N(C)C2)o1. The molecule has 2 unspecified atom stereocenters. The number of nitrogens with zero attached hydrogens (tertiary/aromatic N) is 1. The van der Waals surface area contributed by atoms with Crippen molar-refractivity contribution in [3.8, 4) is 0 Å². The van der Waals surface area contributed by atoms with Gasteiger partial charge in [0, 0.05) is 18.6 Å². The zero-order valence-corrected chi connectivity index (χ0v) is 9.79. The Morgan fingerprint density at radius 3 is 2.87 bits per heavy atom. The first-order valence-electron chi connectivity index (χ1n) is 5.64. The molecule has 0 aromatic carbocycles. The summed E-state index contributed by atoms with van der Waals surface area (Å²) in [5.41, 5.74) is 0. The summed E-state index contributed by atoms with van der Waals surface area (Å²) in [5.74, 6) is 2.03. The van der Waals surface area contributed by atoms with Gasteiger partial charge < -0.3 is 14.6 Å². The van der Waals surface area contributed by atoms with Crippen LogP contribution in [-0.2, 0) is 6.54 Å². The summed E-state index contributed by atoms with van der Waals surface area (Å²) in [6.07, 6.45) is 1.23. The van der Waals surface area contributed by atoms with Crippen molar-refractivity contribution in [2.24, 2.45) is 0 Å². The first kappa shape index (κ1) is 10.7. The van der Waals surface area contributed by atoms with E-state index >= 15 is 0 Å². The molecule has 1 N–H and O–H groups in total. The molecule has 0 radical (unpaired) electrons. The number of likely N-dealkylation sites (N-methyl/N-ethyl adjacent to an activating group) is 1. The monoisotopic (exact) mass is 208 g/mol. The van der Waals surface area contributed by atoms with E-state index in [0.29, 0.717) is 12.1 Å². The third-order valence-corrected chi connectivity index (χ3v) is 3.25. The molecule has 1 aliphatic rings. The third-order valence-electron chi connectivity index (χ3n) is 3.25. The van der Waals surface area contributed by atoms with Crippen molar-refractivity contribution >= 4 is 0 Å². The van der Waals surface area contributed by atoms with E-state index in [9.17, 15) is 0 Å². The average molecular weight is 208 g/mol. The van der Waals surface area contributed by atoms with Crippen molar-refractivity contribution < 1.29 is 4.42 Å². The summed E-state index contributed by atoms with van der Waals surface area (Å²) in [7, 11) is 2.18. The summed E-state index contributed by atoms with van der Waals surface area (Å²) in [4.78, 5) is 2.39. The number of rotatable bonds is 3. The van der Waals surface area contributed by atoms with E-state index < -0.39 is 0 Å². The molecule has 0 amide bonds. The number of hydrogen-bond donors (Lipinski definition) is 1. The number of nitrogens with one attached hydrogen (secondary N) is 1. The maximum atomic E-state index is 5.52. The normalized spacial score (nSPS) is 27.4. The van der Waals surface area contributed by atoms with Gasteiger partial charge in [-0.05, 0) is 39.4 Å². The minimum Gasteiger partial charge on any atom is -0.465 e. The van der Waals surface area contributed by atoms with E-state index in [1.54, 1.807) is 0 Å². The summed E-state index contributed by atoms with van der Waals surface area (Å²) >= 11 is 0. The van der Waals surface area contributed by atoms with Crippen LogP contribution in [0.1, 0.15) is 24.9 Å². The number of hydrogen-bond acceptors (Lipinski definition) is 3. The first-order chi connectivity index (χ1) is 7.15. The molecule has 15 heavy (non-hydrogen) atoms. The molecule has 2 rings (SSSR count). The molecule has 3 heteroatoms. The van der Waals surface area contributed by atoms with Crippen LogP contribution in [0.2, 0.25) is 0 Å². The summed E-state index contributed by atoms with van der Waals surface area (Å²) in [6.45, 7) is 6.24. The second-order valence-electron chi connectivity index (χ2n) is 4.61. The Morgan fingerprint density at radius 1 is 1.53 bits per heavy atom. The topological polar surface area (TPSA) is 28.4 Å². The summed E-state index contributed by atoms with van der Waals surface area (Å²) in [6, 6.07) is 5.36. The molecule has 2 heterocycles. The minimum absolute atomic E-state index is 0.607. The van der Waals surface area contributed by atoms with Gasteiger partial charge in [0.15, 0.2) is 0 Å². The van der Waals surface area contributed by atoms with Crippen LogP contribution in [0.4, 0.5) is 0 Å². The molecular formula is C12H20N2O.